The number of rotatable bonds is 4. The largest absolute Gasteiger partial charge is 0.497 e. The monoisotopic (exact) mass is 355 g/mol. The van der Waals surface area contributed by atoms with Gasteiger partial charge >= 0.3 is 0 Å². The molecule has 25 heavy (non-hydrogen) atoms. The van der Waals surface area contributed by atoms with Crippen molar-refractivity contribution in [2.75, 3.05) is 12.4 Å². The standard InChI is InChI=1S/C18H14ClN3O3/c1-25-15-4-2-3-12(11-15)17(23)21-16-18(24)22(10-9-20-16)14-7-5-13(19)6-8-14/h2-11H,1H3,(H,20,21,23). The number of carbonyl (C=O) groups is 1. The first-order valence-corrected chi connectivity index (χ1v) is 7.75. The number of hydrogen-bond donors (Lipinski definition) is 1. The van der Waals surface area contributed by atoms with Crippen LogP contribution in [0.3, 0.4) is 0 Å². The number of nitrogens with one attached hydrogen (secondary N) is 1. The minimum Gasteiger partial charge on any atom is -0.497 e. The van der Waals surface area contributed by atoms with E-state index in [2.05, 4.69) is 10.3 Å². The first-order chi connectivity index (χ1) is 12.1. The average molecular weight is 356 g/mol. The van der Waals surface area contributed by atoms with Crippen LogP contribution in [0.2, 0.25) is 5.02 Å². The SMILES string of the molecule is COc1cccc(C(=O)Nc2nccn(-c3ccc(Cl)cc3)c2=O)c1. The van der Waals surface area contributed by atoms with Gasteiger partial charge in [-0.15, -0.1) is 0 Å². The maximum atomic E-state index is 12.6. The molecule has 0 aliphatic heterocycles. The Morgan fingerprint density at radius 3 is 2.68 bits per heavy atom. The highest BCUT2D eigenvalue weighted by atomic mass is 35.5. The van der Waals surface area contributed by atoms with Crippen LogP contribution in [0.25, 0.3) is 5.69 Å². The summed E-state index contributed by atoms with van der Waals surface area (Å²) in [5.41, 5.74) is 0.539. The van der Waals surface area contributed by atoms with Gasteiger partial charge in [-0.25, -0.2) is 4.98 Å². The van der Waals surface area contributed by atoms with Crippen molar-refractivity contribution in [3.8, 4) is 11.4 Å². The maximum absolute atomic E-state index is 12.6. The number of hydrogen-bond acceptors (Lipinski definition) is 4. The Morgan fingerprint density at radius 2 is 1.96 bits per heavy atom. The first kappa shape index (κ1) is 16.7. The first-order valence-electron chi connectivity index (χ1n) is 7.37. The third kappa shape index (κ3) is 3.70. The number of aromatic nitrogens is 2. The number of nitrogens with zero attached hydrogens (tertiary/aromatic N) is 2. The van der Waals surface area contributed by atoms with E-state index in [-0.39, 0.29) is 5.82 Å². The Labute approximate surface area is 148 Å². The topological polar surface area (TPSA) is 73.2 Å². The van der Waals surface area contributed by atoms with Crippen molar-refractivity contribution < 1.29 is 9.53 Å². The molecule has 0 fully saturated rings. The van der Waals surface area contributed by atoms with E-state index in [1.807, 2.05) is 0 Å². The van der Waals surface area contributed by atoms with Crippen LogP contribution in [0.4, 0.5) is 5.82 Å². The van der Waals surface area contributed by atoms with Crippen molar-refractivity contribution in [3.63, 3.8) is 0 Å². The fourth-order valence-electron chi connectivity index (χ4n) is 2.25. The lowest BCUT2D eigenvalue weighted by Gasteiger charge is -2.09. The number of carbonyl (C=O) groups excluding carboxylic acids is 1. The van der Waals surface area contributed by atoms with E-state index < -0.39 is 11.5 Å². The summed E-state index contributed by atoms with van der Waals surface area (Å²) in [6.45, 7) is 0. The molecule has 7 heteroatoms. The summed E-state index contributed by atoms with van der Waals surface area (Å²) >= 11 is 5.86. The Bertz CT molecular complexity index is 968. The van der Waals surface area contributed by atoms with Gasteiger partial charge in [0.05, 0.1) is 7.11 Å². The van der Waals surface area contributed by atoms with Gasteiger partial charge in [0.2, 0.25) is 0 Å². The van der Waals surface area contributed by atoms with Crippen LogP contribution in [0.15, 0.2) is 65.7 Å². The molecule has 0 aliphatic rings. The Kier molecular flexibility index (Phi) is 4.81. The van der Waals surface area contributed by atoms with Gasteiger partial charge in [0, 0.05) is 28.7 Å². The average Bonchev–Trinajstić information content (AvgIpc) is 2.64. The van der Waals surface area contributed by atoms with E-state index in [0.717, 1.165) is 0 Å². The molecule has 126 valence electrons. The Balaban J connectivity index is 1.90. The van der Waals surface area contributed by atoms with Crippen molar-refractivity contribution in [3.05, 3.63) is 81.9 Å². The summed E-state index contributed by atoms with van der Waals surface area (Å²) in [6.07, 6.45) is 2.96. The van der Waals surface area contributed by atoms with Crippen LogP contribution >= 0.6 is 11.6 Å². The lowest BCUT2D eigenvalue weighted by Crippen LogP contribution is -2.26. The molecule has 3 rings (SSSR count). The molecule has 1 aromatic heterocycles. The predicted molar refractivity (Wildman–Crippen MR) is 95.8 cm³/mol. The highest BCUT2D eigenvalue weighted by molar-refractivity contribution is 6.30. The number of ether oxygens (including phenoxy) is 1. The number of benzene rings is 2. The van der Waals surface area contributed by atoms with Crippen molar-refractivity contribution in [1.29, 1.82) is 0 Å². The van der Waals surface area contributed by atoms with Gasteiger partial charge in [-0.3, -0.25) is 14.2 Å². The molecule has 0 atom stereocenters. The second kappa shape index (κ2) is 7.19. The van der Waals surface area contributed by atoms with E-state index in [9.17, 15) is 9.59 Å². The molecule has 0 spiro atoms. The maximum Gasteiger partial charge on any atom is 0.298 e. The normalized spacial score (nSPS) is 10.3. The molecule has 2 aromatic carbocycles. The third-order valence-electron chi connectivity index (χ3n) is 3.51. The zero-order valence-corrected chi connectivity index (χ0v) is 14.0. The molecule has 0 aliphatic carbocycles. The predicted octanol–water partition coefficient (Wildman–Crippen LogP) is 3.15. The van der Waals surface area contributed by atoms with E-state index >= 15 is 0 Å². The van der Waals surface area contributed by atoms with Crippen LogP contribution in [-0.2, 0) is 0 Å². The van der Waals surface area contributed by atoms with Crippen molar-refractivity contribution in [2.45, 2.75) is 0 Å². The van der Waals surface area contributed by atoms with E-state index in [0.29, 0.717) is 22.0 Å². The molecule has 1 N–H and O–H groups in total. The lowest BCUT2D eigenvalue weighted by molar-refractivity contribution is 0.102. The quantitative estimate of drug-likeness (QED) is 0.780. The molecule has 0 saturated heterocycles. The molecule has 1 heterocycles. The molecule has 0 bridgehead atoms. The molecule has 1 amide bonds. The number of amides is 1. The van der Waals surface area contributed by atoms with Gasteiger partial charge in [-0.05, 0) is 42.5 Å². The van der Waals surface area contributed by atoms with Gasteiger partial charge in [0.1, 0.15) is 5.75 Å². The number of methoxy groups -OCH3 is 1. The summed E-state index contributed by atoms with van der Waals surface area (Å²) in [6, 6.07) is 13.4. The van der Waals surface area contributed by atoms with Crippen LogP contribution in [0.1, 0.15) is 10.4 Å². The lowest BCUT2D eigenvalue weighted by atomic mass is 10.2. The van der Waals surface area contributed by atoms with Crippen LogP contribution in [-0.4, -0.2) is 22.6 Å². The second-order valence-corrected chi connectivity index (χ2v) is 5.55. The Hall–Kier alpha value is -3.12. The summed E-state index contributed by atoms with van der Waals surface area (Å²) in [7, 11) is 1.51. The second-order valence-electron chi connectivity index (χ2n) is 5.11. The summed E-state index contributed by atoms with van der Waals surface area (Å²) in [4.78, 5) is 28.9. The van der Waals surface area contributed by atoms with Crippen LogP contribution in [0, 0.1) is 0 Å². The van der Waals surface area contributed by atoms with Crippen molar-refractivity contribution in [2.24, 2.45) is 0 Å². The molecule has 0 radical (unpaired) electrons. The summed E-state index contributed by atoms with van der Waals surface area (Å²) in [5, 5.41) is 3.10. The van der Waals surface area contributed by atoms with Crippen molar-refractivity contribution >= 4 is 23.3 Å². The van der Waals surface area contributed by atoms with E-state index in [1.54, 1.807) is 48.5 Å². The molecule has 0 saturated carbocycles. The number of halogens is 1. The minimum atomic E-state index is -0.447. The van der Waals surface area contributed by atoms with Crippen molar-refractivity contribution in [1.82, 2.24) is 9.55 Å². The highest BCUT2D eigenvalue weighted by Crippen LogP contribution is 2.14. The third-order valence-corrected chi connectivity index (χ3v) is 3.76. The van der Waals surface area contributed by atoms with E-state index in [4.69, 9.17) is 16.3 Å². The molecular formula is C18H14ClN3O3. The van der Waals surface area contributed by atoms with Crippen LogP contribution < -0.4 is 15.6 Å². The number of anilines is 1. The molecule has 0 unspecified atom stereocenters. The van der Waals surface area contributed by atoms with Gasteiger partial charge < -0.3 is 10.1 Å². The zero-order chi connectivity index (χ0) is 17.8. The van der Waals surface area contributed by atoms with E-state index in [1.165, 1.54) is 24.1 Å². The van der Waals surface area contributed by atoms with Gasteiger partial charge in [0.15, 0.2) is 5.82 Å². The van der Waals surface area contributed by atoms with Gasteiger partial charge in [-0.2, -0.15) is 0 Å². The highest BCUT2D eigenvalue weighted by Gasteiger charge is 2.12. The van der Waals surface area contributed by atoms with Gasteiger partial charge in [-0.1, -0.05) is 17.7 Å². The fourth-order valence-corrected chi connectivity index (χ4v) is 2.37. The Morgan fingerprint density at radius 1 is 1.20 bits per heavy atom. The molecule has 6 nitrogen and oxygen atoms in total. The summed E-state index contributed by atoms with van der Waals surface area (Å²) < 4.78 is 6.47. The van der Waals surface area contributed by atoms with Gasteiger partial charge in [0.25, 0.3) is 11.5 Å². The minimum absolute atomic E-state index is 0.0646. The van der Waals surface area contributed by atoms with Crippen LogP contribution in [0.5, 0.6) is 5.75 Å². The summed E-state index contributed by atoms with van der Waals surface area (Å²) in [5.74, 6) is 0.0369. The molecule has 3 aromatic rings. The molecular weight excluding hydrogens is 342 g/mol. The zero-order valence-electron chi connectivity index (χ0n) is 13.3. The fraction of sp³-hybridized carbons (Fsp3) is 0.0556. The smallest absolute Gasteiger partial charge is 0.298 e.